The summed E-state index contributed by atoms with van der Waals surface area (Å²) < 4.78 is 5.69. The van der Waals surface area contributed by atoms with Gasteiger partial charge < -0.3 is 20.3 Å². The molecule has 24 heavy (non-hydrogen) atoms. The van der Waals surface area contributed by atoms with E-state index in [0.717, 1.165) is 32.1 Å². The summed E-state index contributed by atoms with van der Waals surface area (Å²) in [5.41, 5.74) is 0. The summed E-state index contributed by atoms with van der Waals surface area (Å²) in [6.45, 7) is 1.07. The Morgan fingerprint density at radius 2 is 1.75 bits per heavy atom. The van der Waals surface area contributed by atoms with Crippen molar-refractivity contribution < 1.29 is 14.3 Å². The minimum absolute atomic E-state index is 0.0186. The van der Waals surface area contributed by atoms with Crippen LogP contribution in [-0.4, -0.2) is 56.2 Å². The van der Waals surface area contributed by atoms with E-state index in [1.165, 1.54) is 4.90 Å². The number of carbonyl (C=O) groups is 2. The second-order valence-electron chi connectivity index (χ2n) is 6.99. The molecular formula is C17H28N4O3. The first-order valence-corrected chi connectivity index (χ1v) is 8.77. The molecule has 2 rings (SSSR count). The third-order valence-corrected chi connectivity index (χ3v) is 4.89. The second-order valence-corrected chi connectivity index (χ2v) is 6.99. The monoisotopic (exact) mass is 336 g/mol. The average Bonchev–Trinajstić information content (AvgIpc) is 3.06. The number of carbonyl (C=O) groups excluding carboxylic acids is 2. The molecule has 0 aromatic rings. The zero-order valence-corrected chi connectivity index (χ0v) is 14.6. The number of nitrogens with one attached hydrogen (secondary N) is 2. The normalized spacial score (nSPS) is 29.5. The first-order valence-electron chi connectivity index (χ1n) is 8.77. The molecule has 2 fully saturated rings. The van der Waals surface area contributed by atoms with E-state index in [9.17, 15) is 9.59 Å². The van der Waals surface area contributed by atoms with Crippen molar-refractivity contribution in [3.05, 3.63) is 0 Å². The molecule has 1 aliphatic carbocycles. The number of nitriles is 1. The van der Waals surface area contributed by atoms with E-state index in [4.69, 9.17) is 10.00 Å². The Bertz CT molecular complexity index is 481. The Labute approximate surface area is 143 Å². The third-order valence-electron chi connectivity index (χ3n) is 4.89. The number of hydrogen-bond donors (Lipinski definition) is 2. The number of likely N-dealkylation sites (N-methyl/N-ethyl adjacent to an activating group) is 1. The number of ether oxygens (including phenoxy) is 1. The lowest BCUT2D eigenvalue weighted by molar-refractivity contribution is -0.140. The molecule has 0 aromatic carbocycles. The molecule has 2 N–H and O–H groups in total. The molecule has 2 aliphatic rings. The van der Waals surface area contributed by atoms with Crippen molar-refractivity contribution in [3.8, 4) is 6.07 Å². The van der Waals surface area contributed by atoms with Gasteiger partial charge in [0.1, 0.15) is 6.10 Å². The Kier molecular flexibility index (Phi) is 6.85. The van der Waals surface area contributed by atoms with Gasteiger partial charge in [-0.1, -0.05) is 0 Å². The quantitative estimate of drug-likeness (QED) is 0.790. The molecule has 3 amide bonds. The van der Waals surface area contributed by atoms with Gasteiger partial charge in [-0.05, 0) is 44.4 Å². The fraction of sp³-hybridized carbons (Fsp3) is 0.824. The van der Waals surface area contributed by atoms with Crippen molar-refractivity contribution in [1.29, 1.82) is 5.26 Å². The van der Waals surface area contributed by atoms with Gasteiger partial charge in [0.2, 0.25) is 0 Å². The van der Waals surface area contributed by atoms with Gasteiger partial charge in [-0.2, -0.15) is 5.26 Å². The van der Waals surface area contributed by atoms with E-state index >= 15 is 0 Å². The summed E-state index contributed by atoms with van der Waals surface area (Å²) in [5.74, 6) is 0.632. The zero-order chi connectivity index (χ0) is 17.5. The highest BCUT2D eigenvalue weighted by Gasteiger charge is 2.31. The Morgan fingerprint density at radius 3 is 2.38 bits per heavy atom. The van der Waals surface area contributed by atoms with Crippen molar-refractivity contribution in [3.63, 3.8) is 0 Å². The van der Waals surface area contributed by atoms with Crippen molar-refractivity contribution in [1.82, 2.24) is 15.5 Å². The van der Waals surface area contributed by atoms with Crippen LogP contribution >= 0.6 is 0 Å². The summed E-state index contributed by atoms with van der Waals surface area (Å²) >= 11 is 0. The van der Waals surface area contributed by atoms with Crippen molar-refractivity contribution in [2.45, 2.75) is 50.7 Å². The summed E-state index contributed by atoms with van der Waals surface area (Å²) in [6, 6.07) is 2.13. The predicted octanol–water partition coefficient (Wildman–Crippen LogP) is 1.25. The minimum Gasteiger partial charge on any atom is -0.363 e. The Balaban J connectivity index is 1.59. The molecule has 0 aromatic heterocycles. The largest absolute Gasteiger partial charge is 0.363 e. The fourth-order valence-corrected chi connectivity index (χ4v) is 3.33. The zero-order valence-electron chi connectivity index (χ0n) is 14.6. The summed E-state index contributed by atoms with van der Waals surface area (Å²) in [4.78, 5) is 25.2. The first-order chi connectivity index (χ1) is 11.5. The molecule has 134 valence electrons. The lowest BCUT2D eigenvalue weighted by Gasteiger charge is -2.25. The number of nitrogens with zero attached hydrogens (tertiary/aromatic N) is 2. The molecule has 2 atom stereocenters. The Morgan fingerprint density at radius 1 is 1.08 bits per heavy atom. The fourth-order valence-electron chi connectivity index (χ4n) is 3.33. The van der Waals surface area contributed by atoms with Crippen LogP contribution in [0.3, 0.4) is 0 Å². The van der Waals surface area contributed by atoms with Gasteiger partial charge in [-0.25, -0.2) is 4.79 Å². The van der Waals surface area contributed by atoms with Crippen LogP contribution in [0.1, 0.15) is 38.5 Å². The van der Waals surface area contributed by atoms with Crippen molar-refractivity contribution in [2.75, 3.05) is 27.2 Å². The lowest BCUT2D eigenvalue weighted by Crippen LogP contribution is -2.42. The van der Waals surface area contributed by atoms with E-state index in [2.05, 4.69) is 16.7 Å². The second kappa shape index (κ2) is 8.88. The van der Waals surface area contributed by atoms with Gasteiger partial charge >= 0.3 is 6.03 Å². The Hall–Kier alpha value is -1.81. The standard InChI is InChI=1S/C17H28N4O3/c1-21(2)16(22)15-8-7-14(24-15)11-20-17(23)19-10-13-5-3-12(9-18)4-6-13/h12-15H,3-8,10-11H2,1-2H3,(H2,19,20,23)/t12?,13?,14-,15+/m0/s1. The van der Waals surface area contributed by atoms with Gasteiger partial charge in [0.15, 0.2) is 0 Å². The summed E-state index contributed by atoms with van der Waals surface area (Å²) in [6.07, 6.45) is 4.86. The molecular weight excluding hydrogens is 308 g/mol. The summed E-state index contributed by atoms with van der Waals surface area (Å²) in [5, 5.41) is 14.6. The maximum atomic E-state index is 11.9. The van der Waals surface area contributed by atoms with E-state index in [0.29, 0.717) is 25.4 Å². The summed E-state index contributed by atoms with van der Waals surface area (Å²) in [7, 11) is 3.43. The predicted molar refractivity (Wildman–Crippen MR) is 89.1 cm³/mol. The van der Waals surface area contributed by atoms with Crippen LogP contribution in [0.5, 0.6) is 0 Å². The molecule has 7 heteroatoms. The average molecular weight is 336 g/mol. The van der Waals surface area contributed by atoms with E-state index in [1.54, 1.807) is 14.1 Å². The van der Waals surface area contributed by atoms with Gasteiger partial charge in [0.05, 0.1) is 12.2 Å². The number of rotatable bonds is 5. The highest BCUT2D eigenvalue weighted by molar-refractivity contribution is 5.80. The molecule has 0 unspecified atom stereocenters. The minimum atomic E-state index is -0.384. The number of urea groups is 1. The molecule has 1 saturated carbocycles. The van der Waals surface area contributed by atoms with E-state index in [-0.39, 0.29) is 30.1 Å². The van der Waals surface area contributed by atoms with Crippen LogP contribution in [0.25, 0.3) is 0 Å². The van der Waals surface area contributed by atoms with Gasteiger partial charge in [-0.3, -0.25) is 4.79 Å². The highest BCUT2D eigenvalue weighted by Crippen LogP contribution is 2.27. The molecule has 7 nitrogen and oxygen atoms in total. The van der Waals surface area contributed by atoms with Gasteiger partial charge in [0.25, 0.3) is 5.91 Å². The maximum Gasteiger partial charge on any atom is 0.314 e. The number of amides is 3. The molecule has 0 bridgehead atoms. The first kappa shape index (κ1) is 18.5. The number of hydrogen-bond acceptors (Lipinski definition) is 4. The molecule has 1 saturated heterocycles. The van der Waals surface area contributed by atoms with Crippen LogP contribution in [0, 0.1) is 23.2 Å². The maximum absolute atomic E-state index is 11.9. The smallest absolute Gasteiger partial charge is 0.314 e. The third kappa shape index (κ3) is 5.38. The van der Waals surface area contributed by atoms with E-state index in [1.807, 2.05) is 0 Å². The van der Waals surface area contributed by atoms with E-state index < -0.39 is 0 Å². The molecule has 0 radical (unpaired) electrons. The SMILES string of the molecule is CN(C)C(=O)[C@H]1CC[C@@H](CNC(=O)NCC2CCC(C#N)CC2)O1. The van der Waals surface area contributed by atoms with Crippen LogP contribution in [0.15, 0.2) is 0 Å². The van der Waals surface area contributed by atoms with Crippen LogP contribution in [0.2, 0.25) is 0 Å². The highest BCUT2D eigenvalue weighted by atomic mass is 16.5. The molecule has 0 spiro atoms. The van der Waals surface area contributed by atoms with Gasteiger partial charge in [0, 0.05) is 33.1 Å². The topological polar surface area (TPSA) is 94.5 Å². The molecule has 1 aliphatic heterocycles. The van der Waals surface area contributed by atoms with Crippen molar-refractivity contribution >= 4 is 11.9 Å². The van der Waals surface area contributed by atoms with Crippen LogP contribution in [0.4, 0.5) is 4.79 Å². The van der Waals surface area contributed by atoms with Gasteiger partial charge in [-0.15, -0.1) is 0 Å². The van der Waals surface area contributed by atoms with Crippen molar-refractivity contribution in [2.24, 2.45) is 11.8 Å². The lowest BCUT2D eigenvalue weighted by atomic mass is 9.83. The molecule has 1 heterocycles. The van der Waals surface area contributed by atoms with Crippen LogP contribution < -0.4 is 10.6 Å². The van der Waals surface area contributed by atoms with Crippen LogP contribution in [-0.2, 0) is 9.53 Å².